The van der Waals surface area contributed by atoms with Crippen molar-refractivity contribution in [3.8, 4) is 5.69 Å². The molecule has 1 fully saturated rings. The van der Waals surface area contributed by atoms with E-state index in [1.54, 1.807) is 0 Å². The Bertz CT molecular complexity index is 710. The second-order valence-electron chi connectivity index (χ2n) is 6.42. The summed E-state index contributed by atoms with van der Waals surface area (Å²) in [4.78, 5) is 14.5. The van der Waals surface area contributed by atoms with Crippen molar-refractivity contribution < 1.29 is 4.79 Å². The van der Waals surface area contributed by atoms with Crippen LogP contribution in [0.4, 0.5) is 0 Å². The number of aromatic nitrogens is 3. The summed E-state index contributed by atoms with van der Waals surface area (Å²) in [6.45, 7) is 7.02. The smallest absolute Gasteiger partial charge is 0.233 e. The molecule has 1 aromatic carbocycles. The van der Waals surface area contributed by atoms with Crippen LogP contribution in [-0.2, 0) is 4.79 Å². The lowest BCUT2D eigenvalue weighted by molar-refractivity contribution is -0.131. The van der Waals surface area contributed by atoms with Crippen LogP contribution in [0.15, 0.2) is 29.4 Å². The molecule has 0 N–H and O–H groups in total. The van der Waals surface area contributed by atoms with Crippen molar-refractivity contribution in [1.82, 2.24) is 19.7 Å². The van der Waals surface area contributed by atoms with Crippen LogP contribution in [0.1, 0.15) is 37.6 Å². The van der Waals surface area contributed by atoms with Gasteiger partial charge in [-0.25, -0.2) is 0 Å². The zero-order valence-electron chi connectivity index (χ0n) is 14.5. The highest BCUT2D eigenvalue weighted by Gasteiger charge is 2.23. The lowest BCUT2D eigenvalue weighted by Gasteiger charge is -2.33. The molecule has 2 heterocycles. The average molecular weight is 344 g/mol. The number of piperidine rings is 1. The molecule has 128 valence electrons. The van der Waals surface area contributed by atoms with Crippen molar-refractivity contribution in [1.29, 1.82) is 0 Å². The van der Waals surface area contributed by atoms with E-state index in [0.717, 1.165) is 36.1 Å². The van der Waals surface area contributed by atoms with Crippen LogP contribution in [0.5, 0.6) is 0 Å². The van der Waals surface area contributed by atoms with Gasteiger partial charge in [-0.15, -0.1) is 10.2 Å². The molecule has 0 saturated carbocycles. The molecular formula is C18H24N4OS. The number of hydrogen-bond acceptors (Lipinski definition) is 4. The van der Waals surface area contributed by atoms with Gasteiger partial charge in [0.05, 0.1) is 5.75 Å². The first-order valence-electron chi connectivity index (χ1n) is 8.47. The Kier molecular flexibility index (Phi) is 5.23. The molecule has 1 aromatic heterocycles. The Morgan fingerprint density at radius 3 is 2.67 bits per heavy atom. The molecule has 0 unspecified atom stereocenters. The molecular weight excluding hydrogens is 320 g/mol. The van der Waals surface area contributed by atoms with E-state index in [1.165, 1.54) is 23.7 Å². The van der Waals surface area contributed by atoms with Crippen LogP contribution in [0.2, 0.25) is 0 Å². The third-order valence-electron chi connectivity index (χ3n) is 4.54. The number of hydrogen-bond donors (Lipinski definition) is 0. The number of aryl methyl sites for hydroxylation is 2. The average Bonchev–Trinajstić information content (AvgIpc) is 2.95. The lowest BCUT2D eigenvalue weighted by Crippen LogP contribution is -2.42. The van der Waals surface area contributed by atoms with Gasteiger partial charge in [0.2, 0.25) is 5.91 Å². The maximum Gasteiger partial charge on any atom is 0.233 e. The molecule has 0 spiro atoms. The van der Waals surface area contributed by atoms with Gasteiger partial charge in [0, 0.05) is 18.3 Å². The second-order valence-corrected chi connectivity index (χ2v) is 7.36. The molecule has 1 aliphatic heterocycles. The van der Waals surface area contributed by atoms with E-state index < -0.39 is 0 Å². The van der Waals surface area contributed by atoms with Crippen molar-refractivity contribution in [3.63, 3.8) is 0 Å². The van der Waals surface area contributed by atoms with Gasteiger partial charge in [0.25, 0.3) is 0 Å². The van der Waals surface area contributed by atoms with E-state index in [4.69, 9.17) is 0 Å². The number of thioether (sulfide) groups is 1. The van der Waals surface area contributed by atoms with Crippen LogP contribution in [0.3, 0.4) is 0 Å². The first kappa shape index (κ1) is 17.0. The quantitative estimate of drug-likeness (QED) is 0.798. The topological polar surface area (TPSA) is 51.0 Å². The summed E-state index contributed by atoms with van der Waals surface area (Å²) >= 11 is 1.47. The molecule has 6 heteroatoms. The van der Waals surface area contributed by atoms with Gasteiger partial charge < -0.3 is 4.90 Å². The fraction of sp³-hybridized carbons (Fsp3) is 0.500. The van der Waals surface area contributed by atoms with Crippen LogP contribution >= 0.6 is 11.8 Å². The highest BCUT2D eigenvalue weighted by molar-refractivity contribution is 7.99. The molecule has 0 bridgehead atoms. The van der Waals surface area contributed by atoms with Gasteiger partial charge in [0.1, 0.15) is 5.82 Å². The van der Waals surface area contributed by atoms with Gasteiger partial charge >= 0.3 is 0 Å². The maximum atomic E-state index is 12.5. The summed E-state index contributed by atoms with van der Waals surface area (Å²) < 4.78 is 2.01. The molecule has 1 saturated heterocycles. The highest BCUT2D eigenvalue weighted by atomic mass is 32.2. The fourth-order valence-corrected chi connectivity index (χ4v) is 3.99. The summed E-state index contributed by atoms with van der Waals surface area (Å²) in [5.74, 6) is 1.44. The standard InChI is InChI=1S/C18H24N4OS/c1-13-7-9-16(10-8-13)22-15(3)19-20-18(22)24-12-17(23)21-11-5-4-6-14(21)2/h7-10,14H,4-6,11-12H2,1-3H3/t14-/m0/s1. The Morgan fingerprint density at radius 2 is 1.96 bits per heavy atom. The van der Waals surface area contributed by atoms with Crippen LogP contribution in [0.25, 0.3) is 5.69 Å². The summed E-state index contributed by atoms with van der Waals surface area (Å²) in [6.07, 6.45) is 3.44. The predicted octanol–water partition coefficient (Wildman–Crippen LogP) is 3.38. The van der Waals surface area contributed by atoms with Crippen molar-refractivity contribution in [2.75, 3.05) is 12.3 Å². The summed E-state index contributed by atoms with van der Waals surface area (Å²) in [5.41, 5.74) is 2.25. The number of likely N-dealkylation sites (tertiary alicyclic amines) is 1. The second kappa shape index (κ2) is 7.38. The highest BCUT2D eigenvalue weighted by Crippen LogP contribution is 2.24. The minimum atomic E-state index is 0.198. The Balaban J connectivity index is 1.72. The molecule has 24 heavy (non-hydrogen) atoms. The minimum absolute atomic E-state index is 0.198. The number of carbonyl (C=O) groups is 1. The first-order valence-corrected chi connectivity index (χ1v) is 9.46. The number of amides is 1. The largest absolute Gasteiger partial charge is 0.339 e. The van der Waals surface area contributed by atoms with Crippen LogP contribution in [-0.4, -0.2) is 43.9 Å². The van der Waals surface area contributed by atoms with Crippen molar-refractivity contribution >= 4 is 17.7 Å². The van der Waals surface area contributed by atoms with E-state index in [2.05, 4.69) is 48.3 Å². The van der Waals surface area contributed by atoms with E-state index in [9.17, 15) is 4.79 Å². The maximum absolute atomic E-state index is 12.5. The van der Waals surface area contributed by atoms with Gasteiger partial charge in [0.15, 0.2) is 5.16 Å². The molecule has 1 aliphatic rings. The zero-order valence-corrected chi connectivity index (χ0v) is 15.3. The van der Waals surface area contributed by atoms with Gasteiger partial charge in [-0.2, -0.15) is 0 Å². The monoisotopic (exact) mass is 344 g/mol. The lowest BCUT2D eigenvalue weighted by atomic mass is 10.0. The van der Waals surface area contributed by atoms with E-state index in [-0.39, 0.29) is 5.91 Å². The molecule has 0 aliphatic carbocycles. The molecule has 3 rings (SSSR count). The zero-order chi connectivity index (χ0) is 17.1. The normalized spacial score (nSPS) is 18.0. The third-order valence-corrected chi connectivity index (χ3v) is 5.45. The van der Waals surface area contributed by atoms with Gasteiger partial charge in [-0.3, -0.25) is 9.36 Å². The summed E-state index contributed by atoms with van der Waals surface area (Å²) in [5, 5.41) is 9.22. The molecule has 2 aromatic rings. The van der Waals surface area contributed by atoms with Gasteiger partial charge in [-0.05, 0) is 52.2 Å². The minimum Gasteiger partial charge on any atom is -0.339 e. The SMILES string of the molecule is Cc1ccc(-n2c(C)nnc2SCC(=O)N2CCCC[C@@H]2C)cc1. The number of benzene rings is 1. The van der Waals surface area contributed by atoms with E-state index >= 15 is 0 Å². The van der Waals surface area contributed by atoms with Crippen LogP contribution < -0.4 is 0 Å². The van der Waals surface area contributed by atoms with Crippen molar-refractivity contribution in [2.45, 2.75) is 51.2 Å². The Hall–Kier alpha value is -1.82. The summed E-state index contributed by atoms with van der Waals surface area (Å²) in [7, 11) is 0. The number of rotatable bonds is 4. The van der Waals surface area contributed by atoms with Crippen molar-refractivity contribution in [3.05, 3.63) is 35.7 Å². The third kappa shape index (κ3) is 3.64. The fourth-order valence-electron chi connectivity index (χ4n) is 3.11. The number of carbonyl (C=O) groups excluding carboxylic acids is 1. The first-order chi connectivity index (χ1) is 11.6. The van der Waals surface area contributed by atoms with E-state index in [1.807, 2.05) is 16.4 Å². The molecule has 1 atom stereocenters. The van der Waals surface area contributed by atoms with Gasteiger partial charge in [-0.1, -0.05) is 29.5 Å². The summed E-state index contributed by atoms with van der Waals surface area (Å²) in [6, 6.07) is 8.62. The number of nitrogens with zero attached hydrogens (tertiary/aromatic N) is 4. The molecule has 5 nitrogen and oxygen atoms in total. The Morgan fingerprint density at radius 1 is 1.21 bits per heavy atom. The van der Waals surface area contributed by atoms with Crippen LogP contribution in [0, 0.1) is 13.8 Å². The molecule has 0 radical (unpaired) electrons. The molecule has 1 amide bonds. The predicted molar refractivity (Wildman–Crippen MR) is 96.6 cm³/mol. The van der Waals surface area contributed by atoms with E-state index in [0.29, 0.717) is 11.8 Å². The van der Waals surface area contributed by atoms with Crippen molar-refractivity contribution in [2.24, 2.45) is 0 Å². The Labute approximate surface area is 147 Å².